The van der Waals surface area contributed by atoms with Crippen LogP contribution in [0.15, 0.2) is 17.0 Å². The van der Waals surface area contributed by atoms with Gasteiger partial charge < -0.3 is 0 Å². The Morgan fingerprint density at radius 1 is 1.50 bits per heavy atom. The molecule has 0 aliphatic heterocycles. The summed E-state index contributed by atoms with van der Waals surface area (Å²) in [7, 11) is 0. The molecule has 0 aromatic carbocycles. The predicted molar refractivity (Wildman–Crippen MR) is 46.4 cm³/mol. The Balaban J connectivity index is 2.57. The molecule has 52 valence electrons. The summed E-state index contributed by atoms with van der Waals surface area (Å²) in [6, 6.07) is 2.20. The average molecular weight is 150 g/mol. The summed E-state index contributed by atoms with van der Waals surface area (Å²) in [5.41, 5.74) is 2.94. The van der Waals surface area contributed by atoms with E-state index >= 15 is 0 Å². The number of rotatable bonds is 0. The zero-order valence-corrected chi connectivity index (χ0v) is 7.03. The molecule has 2 rings (SSSR count). The highest BCUT2D eigenvalue weighted by Crippen LogP contribution is 2.38. The fourth-order valence-electron chi connectivity index (χ4n) is 1.38. The average Bonchev–Trinajstić information content (AvgIpc) is 2.41. The lowest BCUT2D eigenvalue weighted by atomic mass is 10.1. The van der Waals surface area contributed by atoms with Crippen LogP contribution < -0.4 is 0 Å². The monoisotopic (exact) mass is 150 g/mol. The number of hydrogen-bond donors (Lipinski definition) is 0. The highest BCUT2D eigenvalue weighted by Gasteiger charge is 2.18. The van der Waals surface area contributed by atoms with Gasteiger partial charge in [-0.1, -0.05) is 18.6 Å². The lowest BCUT2D eigenvalue weighted by molar-refractivity contribution is 0.944. The molecule has 1 aromatic rings. The quantitative estimate of drug-likeness (QED) is 0.532. The number of hydrogen-bond acceptors (Lipinski definition) is 1. The Morgan fingerprint density at radius 3 is 3.00 bits per heavy atom. The molecule has 0 fully saturated rings. The topological polar surface area (TPSA) is 0 Å². The molecule has 0 N–H and O–H groups in total. The molecular formula is C9H10S. The van der Waals surface area contributed by atoms with Crippen LogP contribution in [-0.4, -0.2) is 0 Å². The number of thiophene rings is 1. The Morgan fingerprint density at radius 2 is 2.30 bits per heavy atom. The summed E-state index contributed by atoms with van der Waals surface area (Å²) < 4.78 is 0. The van der Waals surface area contributed by atoms with Gasteiger partial charge in [0, 0.05) is 10.8 Å². The van der Waals surface area contributed by atoms with Crippen molar-refractivity contribution >= 4 is 17.4 Å². The van der Waals surface area contributed by atoms with Crippen molar-refractivity contribution < 1.29 is 0 Å². The van der Waals surface area contributed by atoms with Gasteiger partial charge in [0.2, 0.25) is 0 Å². The summed E-state index contributed by atoms with van der Waals surface area (Å²) in [5.74, 6) is 0.676. The van der Waals surface area contributed by atoms with E-state index in [9.17, 15) is 0 Å². The molecule has 1 aromatic heterocycles. The van der Waals surface area contributed by atoms with Gasteiger partial charge >= 0.3 is 0 Å². The molecule has 0 nitrogen and oxygen atoms in total. The normalized spacial score (nSPS) is 22.6. The Labute approximate surface area is 65.2 Å². The van der Waals surface area contributed by atoms with Gasteiger partial charge in [-0.2, -0.15) is 0 Å². The second-order valence-electron chi connectivity index (χ2n) is 2.85. The van der Waals surface area contributed by atoms with E-state index in [0.29, 0.717) is 5.92 Å². The zero-order chi connectivity index (χ0) is 7.14. The Bertz CT molecular complexity index is 281. The molecule has 0 saturated carbocycles. The van der Waals surface area contributed by atoms with Crippen LogP contribution in [0.1, 0.15) is 30.2 Å². The summed E-state index contributed by atoms with van der Waals surface area (Å²) in [5, 5.41) is 2.17. The van der Waals surface area contributed by atoms with Crippen LogP contribution in [0, 0.1) is 0 Å². The van der Waals surface area contributed by atoms with E-state index < -0.39 is 0 Å². The summed E-state index contributed by atoms with van der Waals surface area (Å²) in [6.07, 6.45) is 2.29. The first-order valence-corrected chi connectivity index (χ1v) is 4.42. The van der Waals surface area contributed by atoms with E-state index in [-0.39, 0.29) is 0 Å². The van der Waals surface area contributed by atoms with Crippen molar-refractivity contribution in [3.05, 3.63) is 27.5 Å². The molecular weight excluding hydrogens is 140 g/mol. The third kappa shape index (κ3) is 0.671. The maximum Gasteiger partial charge on any atom is 0.0186 e. The molecule has 0 saturated heterocycles. The standard InChI is InChI=1S/C9H10S/c1-6-5-8-3-4-10-9(8)7(6)2/h3-5,7H,1-2H3. The minimum atomic E-state index is 0.676. The second kappa shape index (κ2) is 1.96. The zero-order valence-electron chi connectivity index (χ0n) is 6.22. The van der Waals surface area contributed by atoms with E-state index in [1.165, 1.54) is 16.0 Å². The first kappa shape index (κ1) is 6.17. The summed E-state index contributed by atoms with van der Waals surface area (Å²) in [6.45, 7) is 4.48. The van der Waals surface area contributed by atoms with Crippen molar-refractivity contribution in [1.82, 2.24) is 0 Å². The van der Waals surface area contributed by atoms with Gasteiger partial charge in [0.25, 0.3) is 0 Å². The fraction of sp³-hybridized carbons (Fsp3) is 0.333. The van der Waals surface area contributed by atoms with Crippen molar-refractivity contribution in [2.45, 2.75) is 19.8 Å². The summed E-state index contributed by atoms with van der Waals surface area (Å²) >= 11 is 1.87. The van der Waals surface area contributed by atoms with Crippen molar-refractivity contribution in [3.63, 3.8) is 0 Å². The van der Waals surface area contributed by atoms with Gasteiger partial charge in [0.15, 0.2) is 0 Å². The molecule has 1 aliphatic rings. The molecule has 1 heterocycles. The van der Waals surface area contributed by atoms with Crippen LogP contribution in [0.25, 0.3) is 6.08 Å². The van der Waals surface area contributed by atoms with E-state index in [1.807, 2.05) is 11.3 Å². The SMILES string of the molecule is CC1=Cc2ccsc2C1C. The number of fused-ring (bicyclic) bond motifs is 1. The van der Waals surface area contributed by atoms with Gasteiger partial charge in [-0.15, -0.1) is 11.3 Å². The first-order chi connectivity index (χ1) is 4.79. The molecule has 1 aliphatic carbocycles. The van der Waals surface area contributed by atoms with Crippen molar-refractivity contribution in [3.8, 4) is 0 Å². The minimum absolute atomic E-state index is 0.676. The lowest BCUT2D eigenvalue weighted by Gasteiger charge is -2.01. The molecule has 0 radical (unpaired) electrons. The van der Waals surface area contributed by atoms with Crippen LogP contribution in [0.4, 0.5) is 0 Å². The minimum Gasteiger partial charge on any atom is -0.148 e. The molecule has 1 heteroatoms. The van der Waals surface area contributed by atoms with Crippen molar-refractivity contribution in [2.75, 3.05) is 0 Å². The predicted octanol–water partition coefficient (Wildman–Crippen LogP) is 3.27. The van der Waals surface area contributed by atoms with Crippen molar-refractivity contribution in [2.24, 2.45) is 0 Å². The van der Waals surface area contributed by atoms with Gasteiger partial charge in [0.1, 0.15) is 0 Å². The molecule has 1 unspecified atom stereocenters. The smallest absolute Gasteiger partial charge is 0.0186 e. The maximum atomic E-state index is 2.29. The molecule has 1 atom stereocenters. The van der Waals surface area contributed by atoms with Gasteiger partial charge in [-0.25, -0.2) is 0 Å². The van der Waals surface area contributed by atoms with Gasteiger partial charge in [0.05, 0.1) is 0 Å². The number of allylic oxidation sites excluding steroid dienone is 1. The van der Waals surface area contributed by atoms with E-state index in [0.717, 1.165) is 0 Å². The van der Waals surface area contributed by atoms with E-state index in [4.69, 9.17) is 0 Å². The Kier molecular flexibility index (Phi) is 1.21. The van der Waals surface area contributed by atoms with E-state index in [2.05, 4.69) is 31.4 Å². The van der Waals surface area contributed by atoms with E-state index in [1.54, 1.807) is 0 Å². The van der Waals surface area contributed by atoms with Crippen molar-refractivity contribution in [1.29, 1.82) is 0 Å². The lowest BCUT2D eigenvalue weighted by Crippen LogP contribution is -1.84. The highest BCUT2D eigenvalue weighted by atomic mass is 32.1. The van der Waals surface area contributed by atoms with Crippen LogP contribution in [0.2, 0.25) is 0 Å². The first-order valence-electron chi connectivity index (χ1n) is 3.54. The third-order valence-electron chi connectivity index (χ3n) is 2.19. The molecule has 0 amide bonds. The molecule has 10 heavy (non-hydrogen) atoms. The fourth-order valence-corrected chi connectivity index (χ4v) is 2.39. The van der Waals surface area contributed by atoms with Crippen LogP contribution in [0.5, 0.6) is 0 Å². The maximum absolute atomic E-state index is 2.29. The molecule has 0 spiro atoms. The van der Waals surface area contributed by atoms with Crippen LogP contribution in [-0.2, 0) is 0 Å². The largest absolute Gasteiger partial charge is 0.148 e. The second-order valence-corrected chi connectivity index (χ2v) is 3.80. The highest BCUT2D eigenvalue weighted by molar-refractivity contribution is 7.10. The summed E-state index contributed by atoms with van der Waals surface area (Å²) in [4.78, 5) is 1.54. The molecule has 0 bridgehead atoms. The van der Waals surface area contributed by atoms with Gasteiger partial charge in [-0.3, -0.25) is 0 Å². The Hall–Kier alpha value is -0.560. The van der Waals surface area contributed by atoms with Crippen LogP contribution >= 0.6 is 11.3 Å². The van der Waals surface area contributed by atoms with Gasteiger partial charge in [-0.05, 0) is 23.9 Å². The van der Waals surface area contributed by atoms with Crippen LogP contribution in [0.3, 0.4) is 0 Å². The third-order valence-corrected chi connectivity index (χ3v) is 3.30.